The predicted molar refractivity (Wildman–Crippen MR) is 54.5 cm³/mol. The zero-order valence-corrected chi connectivity index (χ0v) is 8.53. The van der Waals surface area contributed by atoms with Gasteiger partial charge in [0.2, 0.25) is 0 Å². The first-order valence-electron chi connectivity index (χ1n) is 5.28. The van der Waals surface area contributed by atoms with Crippen molar-refractivity contribution < 1.29 is 9.32 Å². The Bertz CT molecular complexity index is 302. The summed E-state index contributed by atoms with van der Waals surface area (Å²) in [4.78, 5) is 11.6. The van der Waals surface area contributed by atoms with Gasteiger partial charge in [0.15, 0.2) is 5.69 Å². The molecule has 1 aromatic heterocycles. The molecule has 2 N–H and O–H groups in total. The van der Waals surface area contributed by atoms with Gasteiger partial charge < -0.3 is 15.2 Å². The number of amides is 1. The summed E-state index contributed by atoms with van der Waals surface area (Å²) in [5, 5.41) is 9.86. The Morgan fingerprint density at radius 3 is 3.27 bits per heavy atom. The van der Waals surface area contributed by atoms with Crippen LogP contribution in [0.25, 0.3) is 0 Å². The van der Waals surface area contributed by atoms with Gasteiger partial charge in [-0.1, -0.05) is 5.16 Å². The van der Waals surface area contributed by atoms with E-state index in [-0.39, 0.29) is 11.9 Å². The number of rotatable bonds is 2. The Labute approximate surface area is 88.2 Å². The van der Waals surface area contributed by atoms with E-state index in [1.165, 1.54) is 6.26 Å². The van der Waals surface area contributed by atoms with Crippen molar-refractivity contribution in [2.24, 2.45) is 0 Å². The van der Waals surface area contributed by atoms with Crippen molar-refractivity contribution in [1.29, 1.82) is 0 Å². The minimum Gasteiger partial charge on any atom is -0.364 e. The fourth-order valence-corrected chi connectivity index (χ4v) is 1.75. The molecule has 0 radical (unpaired) electrons. The van der Waals surface area contributed by atoms with Crippen LogP contribution in [-0.4, -0.2) is 30.2 Å². The maximum absolute atomic E-state index is 11.6. The fraction of sp³-hybridized carbons (Fsp3) is 0.600. The molecule has 1 saturated heterocycles. The molecule has 1 aromatic rings. The van der Waals surface area contributed by atoms with E-state index in [9.17, 15) is 4.79 Å². The molecule has 1 atom stereocenters. The molecule has 0 aliphatic carbocycles. The molecule has 1 fully saturated rings. The van der Waals surface area contributed by atoms with Crippen LogP contribution in [0, 0.1) is 0 Å². The Morgan fingerprint density at radius 1 is 1.53 bits per heavy atom. The van der Waals surface area contributed by atoms with Crippen molar-refractivity contribution in [3.05, 3.63) is 18.0 Å². The summed E-state index contributed by atoms with van der Waals surface area (Å²) in [6, 6.07) is 1.83. The van der Waals surface area contributed by atoms with Gasteiger partial charge in [0.05, 0.1) is 0 Å². The van der Waals surface area contributed by atoms with E-state index < -0.39 is 0 Å². The van der Waals surface area contributed by atoms with Crippen LogP contribution >= 0.6 is 0 Å². The summed E-state index contributed by atoms with van der Waals surface area (Å²) in [7, 11) is 0. The number of nitrogens with one attached hydrogen (secondary N) is 2. The topological polar surface area (TPSA) is 67.2 Å². The molecule has 2 rings (SSSR count). The average molecular weight is 209 g/mol. The standard InChI is InChI=1S/C10H15N3O2/c14-10(9-4-7-15-13-9)12-8-2-1-5-11-6-3-8/h4,7-8,11H,1-3,5-6H2,(H,12,14). The first-order chi connectivity index (χ1) is 7.36. The van der Waals surface area contributed by atoms with Crippen molar-refractivity contribution in [3.63, 3.8) is 0 Å². The number of aromatic nitrogens is 1. The van der Waals surface area contributed by atoms with Crippen LogP contribution in [0.3, 0.4) is 0 Å². The van der Waals surface area contributed by atoms with Gasteiger partial charge in [-0.15, -0.1) is 0 Å². The maximum Gasteiger partial charge on any atom is 0.273 e. The van der Waals surface area contributed by atoms with Crippen molar-refractivity contribution >= 4 is 5.91 Å². The highest BCUT2D eigenvalue weighted by Gasteiger charge is 2.16. The number of hydrogen-bond acceptors (Lipinski definition) is 4. The molecule has 0 spiro atoms. The van der Waals surface area contributed by atoms with Gasteiger partial charge in [-0.05, 0) is 32.4 Å². The van der Waals surface area contributed by atoms with E-state index in [0.29, 0.717) is 5.69 Å². The lowest BCUT2D eigenvalue weighted by Gasteiger charge is -2.14. The van der Waals surface area contributed by atoms with Crippen molar-refractivity contribution in [3.8, 4) is 0 Å². The molecule has 2 heterocycles. The Kier molecular flexibility index (Phi) is 3.34. The Morgan fingerprint density at radius 2 is 2.47 bits per heavy atom. The van der Waals surface area contributed by atoms with Crippen LogP contribution in [0.5, 0.6) is 0 Å². The smallest absolute Gasteiger partial charge is 0.273 e. The zero-order valence-electron chi connectivity index (χ0n) is 8.53. The first-order valence-corrected chi connectivity index (χ1v) is 5.28. The highest BCUT2D eigenvalue weighted by Crippen LogP contribution is 2.06. The van der Waals surface area contributed by atoms with Crippen molar-refractivity contribution in [2.45, 2.75) is 25.3 Å². The molecule has 5 heteroatoms. The van der Waals surface area contributed by atoms with E-state index >= 15 is 0 Å². The largest absolute Gasteiger partial charge is 0.364 e. The number of carbonyl (C=O) groups excluding carboxylic acids is 1. The first kappa shape index (κ1) is 10.2. The monoisotopic (exact) mass is 209 g/mol. The number of nitrogens with zero attached hydrogens (tertiary/aromatic N) is 1. The summed E-state index contributed by atoms with van der Waals surface area (Å²) in [6.45, 7) is 2.00. The normalized spacial score (nSPS) is 22.0. The second-order valence-electron chi connectivity index (χ2n) is 3.74. The molecule has 5 nitrogen and oxygen atoms in total. The molecule has 0 saturated carbocycles. The van der Waals surface area contributed by atoms with E-state index in [1.807, 2.05) is 0 Å². The fourth-order valence-electron chi connectivity index (χ4n) is 1.75. The summed E-state index contributed by atoms with van der Waals surface area (Å²) in [6.07, 6.45) is 4.51. The van der Waals surface area contributed by atoms with E-state index in [1.54, 1.807) is 6.07 Å². The summed E-state index contributed by atoms with van der Waals surface area (Å²) >= 11 is 0. The molecule has 1 amide bonds. The molecule has 0 bridgehead atoms. The van der Waals surface area contributed by atoms with E-state index in [2.05, 4.69) is 20.3 Å². The maximum atomic E-state index is 11.6. The van der Waals surface area contributed by atoms with Crippen LogP contribution in [0.2, 0.25) is 0 Å². The molecule has 0 aromatic carbocycles. The van der Waals surface area contributed by atoms with Crippen LogP contribution in [0.1, 0.15) is 29.8 Å². The van der Waals surface area contributed by atoms with Crippen LogP contribution < -0.4 is 10.6 Å². The van der Waals surface area contributed by atoms with Gasteiger partial charge in [0, 0.05) is 12.1 Å². The van der Waals surface area contributed by atoms with Crippen molar-refractivity contribution in [2.75, 3.05) is 13.1 Å². The van der Waals surface area contributed by atoms with Gasteiger partial charge >= 0.3 is 0 Å². The third-order valence-electron chi connectivity index (χ3n) is 2.58. The van der Waals surface area contributed by atoms with Gasteiger partial charge in [-0.2, -0.15) is 0 Å². The highest BCUT2D eigenvalue weighted by atomic mass is 16.5. The van der Waals surface area contributed by atoms with Gasteiger partial charge in [0.1, 0.15) is 6.26 Å². The second kappa shape index (κ2) is 4.93. The zero-order chi connectivity index (χ0) is 10.5. The summed E-state index contributed by atoms with van der Waals surface area (Å²) in [5.41, 5.74) is 0.354. The third kappa shape index (κ3) is 2.79. The van der Waals surface area contributed by atoms with Crippen molar-refractivity contribution in [1.82, 2.24) is 15.8 Å². The molecule has 1 aliphatic rings. The van der Waals surface area contributed by atoms with E-state index in [4.69, 9.17) is 0 Å². The van der Waals surface area contributed by atoms with Gasteiger partial charge in [0.25, 0.3) is 5.91 Å². The SMILES string of the molecule is O=C(NC1CCCNCC1)c1ccon1. The number of hydrogen-bond donors (Lipinski definition) is 2. The Hall–Kier alpha value is -1.36. The molecule has 15 heavy (non-hydrogen) atoms. The lowest BCUT2D eigenvalue weighted by Crippen LogP contribution is -2.35. The van der Waals surface area contributed by atoms with Gasteiger partial charge in [-0.25, -0.2) is 0 Å². The minimum atomic E-state index is -0.143. The lowest BCUT2D eigenvalue weighted by atomic mass is 10.1. The third-order valence-corrected chi connectivity index (χ3v) is 2.58. The highest BCUT2D eigenvalue weighted by molar-refractivity contribution is 5.92. The van der Waals surface area contributed by atoms with Gasteiger partial charge in [-0.3, -0.25) is 4.79 Å². The predicted octanol–water partition coefficient (Wildman–Crippen LogP) is 0.546. The average Bonchev–Trinajstić information content (AvgIpc) is 2.65. The van der Waals surface area contributed by atoms with E-state index in [0.717, 1.165) is 32.4 Å². The Balaban J connectivity index is 1.87. The molecular weight excluding hydrogens is 194 g/mol. The summed E-state index contributed by atoms with van der Waals surface area (Å²) < 4.78 is 4.63. The van der Waals surface area contributed by atoms with Crippen LogP contribution in [0.15, 0.2) is 16.9 Å². The second-order valence-corrected chi connectivity index (χ2v) is 3.74. The lowest BCUT2D eigenvalue weighted by molar-refractivity contribution is 0.0925. The number of carbonyl (C=O) groups is 1. The minimum absolute atomic E-state index is 0.143. The molecule has 82 valence electrons. The summed E-state index contributed by atoms with van der Waals surface area (Å²) in [5.74, 6) is -0.143. The molecular formula is C10H15N3O2. The molecule has 1 aliphatic heterocycles. The molecule has 1 unspecified atom stereocenters. The quantitative estimate of drug-likeness (QED) is 0.746. The van der Waals surface area contributed by atoms with Crippen LogP contribution in [0.4, 0.5) is 0 Å². The van der Waals surface area contributed by atoms with Crippen LogP contribution in [-0.2, 0) is 0 Å².